The largest absolute Gasteiger partial charge is 0.478 e. The second kappa shape index (κ2) is 3.20. The number of hydrogen-bond acceptors (Lipinski definition) is 3. The lowest BCUT2D eigenvalue weighted by atomic mass is 10.1. The van der Waals surface area contributed by atoms with Crippen LogP contribution in [0, 0.1) is 0 Å². The lowest BCUT2D eigenvalue weighted by Gasteiger charge is -2.02. The molecule has 1 aromatic heterocycles. The molecular weight excluding hydrogens is 196 g/mol. The molecule has 1 aromatic carbocycles. The first-order chi connectivity index (χ1) is 7.11. The number of aromatic carboxylic acids is 1. The van der Waals surface area contributed by atoms with E-state index in [1.807, 2.05) is 0 Å². The number of aryl methyl sites for hydroxylation is 1. The summed E-state index contributed by atoms with van der Waals surface area (Å²) in [7, 11) is 1.49. The molecule has 0 bridgehead atoms. The molecule has 0 unspecified atom stereocenters. The van der Waals surface area contributed by atoms with Crippen molar-refractivity contribution in [3.05, 3.63) is 40.3 Å². The fourth-order valence-electron chi connectivity index (χ4n) is 1.46. The van der Waals surface area contributed by atoms with Gasteiger partial charge >= 0.3 is 5.97 Å². The SMILES string of the molecule is Cn1ncc2cccc(C(=O)O)c2c1=O. The van der Waals surface area contributed by atoms with Gasteiger partial charge in [-0.15, -0.1) is 0 Å². The van der Waals surface area contributed by atoms with Gasteiger partial charge in [0.05, 0.1) is 17.1 Å². The van der Waals surface area contributed by atoms with Gasteiger partial charge in [0.1, 0.15) is 0 Å². The smallest absolute Gasteiger partial charge is 0.336 e. The maximum Gasteiger partial charge on any atom is 0.336 e. The van der Waals surface area contributed by atoms with Gasteiger partial charge in [0.2, 0.25) is 0 Å². The van der Waals surface area contributed by atoms with E-state index in [1.165, 1.54) is 19.3 Å². The van der Waals surface area contributed by atoms with Crippen molar-refractivity contribution < 1.29 is 9.90 Å². The van der Waals surface area contributed by atoms with Crippen molar-refractivity contribution in [1.29, 1.82) is 0 Å². The average molecular weight is 204 g/mol. The summed E-state index contributed by atoms with van der Waals surface area (Å²) in [4.78, 5) is 22.6. The topological polar surface area (TPSA) is 72.2 Å². The van der Waals surface area contributed by atoms with E-state index in [0.717, 1.165) is 4.68 Å². The number of fused-ring (bicyclic) bond motifs is 1. The number of aromatic nitrogens is 2. The standard InChI is InChI=1S/C10H8N2O3/c1-12-9(13)8-6(5-11-12)3-2-4-7(8)10(14)15/h2-5H,1H3,(H,14,15). The Labute approximate surface area is 84.6 Å². The summed E-state index contributed by atoms with van der Waals surface area (Å²) < 4.78 is 1.12. The molecule has 2 rings (SSSR count). The minimum atomic E-state index is -1.11. The molecule has 15 heavy (non-hydrogen) atoms. The Hall–Kier alpha value is -2.17. The molecule has 5 heteroatoms. The number of rotatable bonds is 1. The number of carboxylic acids is 1. The first-order valence-corrected chi connectivity index (χ1v) is 4.29. The molecule has 1 N–H and O–H groups in total. The summed E-state index contributed by atoms with van der Waals surface area (Å²) in [6.07, 6.45) is 1.48. The summed E-state index contributed by atoms with van der Waals surface area (Å²) in [6.45, 7) is 0. The molecule has 0 aliphatic heterocycles. The molecule has 0 saturated heterocycles. The van der Waals surface area contributed by atoms with Gasteiger partial charge < -0.3 is 5.11 Å². The zero-order valence-corrected chi connectivity index (χ0v) is 7.97. The molecule has 5 nitrogen and oxygen atoms in total. The van der Waals surface area contributed by atoms with E-state index in [0.29, 0.717) is 5.39 Å². The summed E-state index contributed by atoms with van der Waals surface area (Å²) in [5.74, 6) is -1.11. The fraction of sp³-hybridized carbons (Fsp3) is 0.100. The van der Waals surface area contributed by atoms with Gasteiger partial charge in [0, 0.05) is 12.4 Å². The maximum absolute atomic E-state index is 11.7. The van der Waals surface area contributed by atoms with Gasteiger partial charge in [-0.1, -0.05) is 12.1 Å². The van der Waals surface area contributed by atoms with Gasteiger partial charge in [-0.05, 0) is 6.07 Å². The number of carboxylic acid groups (broad SMARTS) is 1. The lowest BCUT2D eigenvalue weighted by molar-refractivity contribution is 0.0699. The van der Waals surface area contributed by atoms with Gasteiger partial charge in [0.15, 0.2) is 0 Å². The summed E-state index contributed by atoms with van der Waals surface area (Å²) in [5.41, 5.74) is -0.388. The van der Waals surface area contributed by atoms with E-state index < -0.39 is 11.5 Å². The van der Waals surface area contributed by atoms with Crippen molar-refractivity contribution in [3.8, 4) is 0 Å². The molecule has 0 aliphatic carbocycles. The zero-order chi connectivity index (χ0) is 11.0. The van der Waals surface area contributed by atoms with Gasteiger partial charge in [-0.25, -0.2) is 9.48 Å². The Morgan fingerprint density at radius 1 is 1.47 bits per heavy atom. The lowest BCUT2D eigenvalue weighted by Crippen LogP contribution is -2.21. The van der Waals surface area contributed by atoms with Crippen LogP contribution in [0.5, 0.6) is 0 Å². The predicted octanol–water partition coefficient (Wildman–Crippen LogP) is 0.632. The Bertz CT molecular complexity index is 601. The minimum absolute atomic E-state index is 0.00972. The maximum atomic E-state index is 11.7. The zero-order valence-electron chi connectivity index (χ0n) is 7.97. The van der Waals surface area contributed by atoms with E-state index in [4.69, 9.17) is 5.11 Å². The van der Waals surface area contributed by atoms with Crippen molar-refractivity contribution in [2.24, 2.45) is 7.05 Å². The molecular formula is C10H8N2O3. The average Bonchev–Trinajstić information content (AvgIpc) is 2.23. The third-order valence-corrected chi connectivity index (χ3v) is 2.20. The third kappa shape index (κ3) is 1.38. The molecule has 1 heterocycles. The quantitative estimate of drug-likeness (QED) is 0.739. The Morgan fingerprint density at radius 3 is 2.87 bits per heavy atom. The van der Waals surface area contributed by atoms with Crippen LogP contribution in [0.2, 0.25) is 0 Å². The Kier molecular flexibility index (Phi) is 2.00. The molecule has 0 aliphatic rings. The van der Waals surface area contributed by atoms with Crippen LogP contribution in [0.1, 0.15) is 10.4 Å². The predicted molar refractivity (Wildman–Crippen MR) is 53.9 cm³/mol. The molecule has 0 saturated carbocycles. The van der Waals surface area contributed by atoms with E-state index >= 15 is 0 Å². The van der Waals surface area contributed by atoms with Crippen LogP contribution in [0.4, 0.5) is 0 Å². The summed E-state index contributed by atoms with van der Waals surface area (Å²) in [5, 5.41) is 13.5. The second-order valence-electron chi connectivity index (χ2n) is 3.15. The molecule has 2 aromatic rings. The van der Waals surface area contributed by atoms with Crippen LogP contribution in [0.15, 0.2) is 29.2 Å². The molecule has 0 atom stereocenters. The highest BCUT2D eigenvalue weighted by Gasteiger charge is 2.11. The summed E-state index contributed by atoms with van der Waals surface area (Å²) in [6, 6.07) is 4.66. The first kappa shape index (κ1) is 9.39. The number of benzene rings is 1. The van der Waals surface area contributed by atoms with Crippen LogP contribution in [0.25, 0.3) is 10.8 Å². The number of nitrogens with zero attached hydrogens (tertiary/aromatic N) is 2. The van der Waals surface area contributed by atoms with Crippen LogP contribution >= 0.6 is 0 Å². The first-order valence-electron chi connectivity index (χ1n) is 4.29. The van der Waals surface area contributed by atoms with Crippen molar-refractivity contribution in [2.45, 2.75) is 0 Å². The van der Waals surface area contributed by atoms with Crippen LogP contribution < -0.4 is 5.56 Å². The highest BCUT2D eigenvalue weighted by molar-refractivity contribution is 6.02. The second-order valence-corrected chi connectivity index (χ2v) is 3.15. The van der Waals surface area contributed by atoms with Crippen molar-refractivity contribution >= 4 is 16.7 Å². The van der Waals surface area contributed by atoms with Crippen molar-refractivity contribution in [3.63, 3.8) is 0 Å². The molecule has 0 fully saturated rings. The minimum Gasteiger partial charge on any atom is -0.478 e. The number of carbonyl (C=O) groups is 1. The third-order valence-electron chi connectivity index (χ3n) is 2.20. The molecule has 76 valence electrons. The highest BCUT2D eigenvalue weighted by Crippen LogP contribution is 2.13. The highest BCUT2D eigenvalue weighted by atomic mass is 16.4. The summed E-state index contributed by atoms with van der Waals surface area (Å²) >= 11 is 0. The van der Waals surface area contributed by atoms with Crippen LogP contribution in [-0.2, 0) is 7.05 Å². The van der Waals surface area contributed by atoms with E-state index in [-0.39, 0.29) is 10.9 Å². The van der Waals surface area contributed by atoms with Crippen molar-refractivity contribution in [2.75, 3.05) is 0 Å². The fourth-order valence-corrected chi connectivity index (χ4v) is 1.46. The van der Waals surface area contributed by atoms with E-state index in [1.54, 1.807) is 12.1 Å². The van der Waals surface area contributed by atoms with Crippen LogP contribution in [0.3, 0.4) is 0 Å². The van der Waals surface area contributed by atoms with E-state index in [2.05, 4.69) is 5.10 Å². The Balaban J connectivity index is 3.01. The number of hydrogen-bond donors (Lipinski definition) is 1. The van der Waals surface area contributed by atoms with Gasteiger partial charge in [0.25, 0.3) is 5.56 Å². The monoisotopic (exact) mass is 204 g/mol. The van der Waals surface area contributed by atoms with Crippen molar-refractivity contribution in [1.82, 2.24) is 9.78 Å². The van der Waals surface area contributed by atoms with Gasteiger partial charge in [-0.3, -0.25) is 4.79 Å². The molecule has 0 radical (unpaired) electrons. The van der Waals surface area contributed by atoms with Gasteiger partial charge in [-0.2, -0.15) is 5.10 Å². The normalized spacial score (nSPS) is 10.5. The Morgan fingerprint density at radius 2 is 2.20 bits per heavy atom. The van der Waals surface area contributed by atoms with Crippen LogP contribution in [-0.4, -0.2) is 20.9 Å². The molecule has 0 amide bonds. The van der Waals surface area contributed by atoms with E-state index in [9.17, 15) is 9.59 Å². The molecule has 0 spiro atoms.